The van der Waals surface area contributed by atoms with Gasteiger partial charge in [0.1, 0.15) is 5.76 Å². The van der Waals surface area contributed by atoms with E-state index in [1.54, 1.807) is 6.26 Å². The zero-order valence-electron chi connectivity index (χ0n) is 17.1. The molecule has 1 N–H and O–H groups in total. The number of hydrazone groups is 1. The molecule has 1 amide bonds. The Morgan fingerprint density at radius 2 is 2.21 bits per heavy atom. The topological polar surface area (TPSA) is 85.3 Å². The summed E-state index contributed by atoms with van der Waals surface area (Å²) in [7, 11) is 1.89. The molecule has 0 radical (unpaired) electrons. The molecule has 2 fully saturated rings. The predicted molar refractivity (Wildman–Crippen MR) is 109 cm³/mol. The van der Waals surface area contributed by atoms with Crippen molar-refractivity contribution in [3.05, 3.63) is 18.1 Å². The fraction of sp³-hybridized carbons (Fsp3) is 0.600. The molecule has 2 saturated carbocycles. The van der Waals surface area contributed by atoms with Crippen molar-refractivity contribution in [3.8, 4) is 11.4 Å². The monoisotopic (exact) mass is 401 g/mol. The summed E-state index contributed by atoms with van der Waals surface area (Å²) in [6.07, 6.45) is 5.05. The molecule has 0 aromatic carbocycles. The van der Waals surface area contributed by atoms with Gasteiger partial charge in [-0.3, -0.25) is 4.79 Å². The molecule has 150 valence electrons. The molecule has 2 atom stereocenters. The molecular formula is C20H27N5O2S. The second kappa shape index (κ2) is 6.76. The highest BCUT2D eigenvalue weighted by molar-refractivity contribution is 7.99. The number of nitrogens with zero attached hydrogens (tertiary/aromatic N) is 4. The summed E-state index contributed by atoms with van der Waals surface area (Å²) in [5.74, 6) is 2.32. The third kappa shape index (κ3) is 2.89. The van der Waals surface area contributed by atoms with Crippen molar-refractivity contribution in [3.63, 3.8) is 0 Å². The Labute approximate surface area is 169 Å². The summed E-state index contributed by atoms with van der Waals surface area (Å²) in [5, 5.41) is 13.6. The van der Waals surface area contributed by atoms with Gasteiger partial charge in [-0.15, -0.1) is 10.2 Å². The Morgan fingerprint density at radius 3 is 2.82 bits per heavy atom. The quantitative estimate of drug-likeness (QED) is 0.608. The molecule has 0 saturated heterocycles. The van der Waals surface area contributed by atoms with E-state index in [2.05, 4.69) is 41.5 Å². The Kier molecular flexibility index (Phi) is 4.64. The largest absolute Gasteiger partial charge is 0.469 e. The van der Waals surface area contributed by atoms with Crippen molar-refractivity contribution in [2.75, 3.05) is 5.75 Å². The summed E-state index contributed by atoms with van der Waals surface area (Å²) in [4.78, 5) is 12.3. The molecule has 2 unspecified atom stereocenters. The summed E-state index contributed by atoms with van der Waals surface area (Å²) >= 11 is 1.35. The van der Waals surface area contributed by atoms with E-state index in [4.69, 9.17) is 4.42 Å². The number of rotatable bonds is 5. The molecule has 2 aliphatic rings. The van der Waals surface area contributed by atoms with Gasteiger partial charge in [-0.05, 0) is 43.6 Å². The van der Waals surface area contributed by atoms with Crippen LogP contribution in [0, 0.1) is 23.7 Å². The van der Waals surface area contributed by atoms with Gasteiger partial charge in [-0.25, -0.2) is 5.43 Å². The third-order valence-electron chi connectivity index (χ3n) is 7.09. The third-order valence-corrected chi connectivity index (χ3v) is 8.12. The lowest BCUT2D eigenvalue weighted by Crippen LogP contribution is -2.34. The average Bonchev–Trinajstić information content (AvgIpc) is 3.33. The van der Waals surface area contributed by atoms with Gasteiger partial charge in [0.2, 0.25) is 0 Å². The van der Waals surface area contributed by atoms with E-state index in [1.165, 1.54) is 18.2 Å². The number of carbonyl (C=O) groups is 1. The van der Waals surface area contributed by atoms with E-state index in [-0.39, 0.29) is 22.5 Å². The van der Waals surface area contributed by atoms with Crippen LogP contribution in [0.1, 0.15) is 45.8 Å². The van der Waals surface area contributed by atoms with E-state index >= 15 is 0 Å². The number of aryl methyl sites for hydroxylation is 1. The Balaban J connectivity index is 1.37. The summed E-state index contributed by atoms with van der Waals surface area (Å²) < 4.78 is 7.22. The Morgan fingerprint density at radius 1 is 1.43 bits per heavy atom. The second-order valence-corrected chi connectivity index (χ2v) is 9.57. The molecule has 2 aromatic heterocycles. The van der Waals surface area contributed by atoms with Crippen LogP contribution < -0.4 is 5.43 Å². The van der Waals surface area contributed by atoms with Crippen LogP contribution in [0.4, 0.5) is 0 Å². The number of fused-ring (bicyclic) bond motifs is 2. The van der Waals surface area contributed by atoms with Gasteiger partial charge in [-0.1, -0.05) is 32.5 Å². The Bertz CT molecular complexity index is 944. The van der Waals surface area contributed by atoms with Crippen LogP contribution in [0.3, 0.4) is 0 Å². The molecule has 2 heterocycles. The van der Waals surface area contributed by atoms with Crippen LogP contribution in [0.2, 0.25) is 0 Å². The van der Waals surface area contributed by atoms with Crippen molar-refractivity contribution in [1.29, 1.82) is 0 Å². The van der Waals surface area contributed by atoms with E-state index in [0.29, 0.717) is 11.1 Å². The number of aromatic nitrogens is 3. The highest BCUT2D eigenvalue weighted by Crippen LogP contribution is 2.63. The molecule has 8 heteroatoms. The van der Waals surface area contributed by atoms with E-state index in [0.717, 1.165) is 35.7 Å². The minimum atomic E-state index is -0.120. The highest BCUT2D eigenvalue weighted by atomic mass is 32.2. The van der Waals surface area contributed by atoms with E-state index in [9.17, 15) is 4.79 Å². The number of amides is 1. The van der Waals surface area contributed by atoms with Crippen LogP contribution in [-0.2, 0) is 11.8 Å². The standard InChI is InChI=1S/C20H27N5O2S/c1-12-14(7-9-27-12)17-23-24-18(25(17)5)28-11-16(26)22-21-15-10-13-6-8-20(15,4)19(13,2)3/h7,9,13H,6,8,10-11H2,1-5H3,(H,22,26)/b21-15+. The van der Waals surface area contributed by atoms with Crippen LogP contribution in [0.25, 0.3) is 11.4 Å². The minimum Gasteiger partial charge on any atom is -0.469 e. The molecule has 7 nitrogen and oxygen atoms in total. The number of thioether (sulfide) groups is 1. The van der Waals surface area contributed by atoms with Gasteiger partial charge in [0.15, 0.2) is 11.0 Å². The van der Waals surface area contributed by atoms with E-state index < -0.39 is 0 Å². The fourth-order valence-electron chi connectivity index (χ4n) is 4.68. The van der Waals surface area contributed by atoms with Gasteiger partial charge in [0, 0.05) is 18.2 Å². The van der Waals surface area contributed by atoms with Crippen molar-refractivity contribution < 1.29 is 9.21 Å². The molecule has 4 rings (SSSR count). The van der Waals surface area contributed by atoms with Gasteiger partial charge in [0.05, 0.1) is 17.6 Å². The second-order valence-electron chi connectivity index (χ2n) is 8.63. The Hall–Kier alpha value is -2.09. The number of hydrogen-bond acceptors (Lipinski definition) is 6. The summed E-state index contributed by atoms with van der Waals surface area (Å²) in [6, 6.07) is 1.87. The number of nitrogens with one attached hydrogen (secondary N) is 1. The maximum atomic E-state index is 12.3. The fourth-order valence-corrected chi connectivity index (χ4v) is 5.39. The molecule has 2 bridgehead atoms. The molecule has 2 aliphatic carbocycles. The maximum Gasteiger partial charge on any atom is 0.250 e. The lowest BCUT2D eigenvalue weighted by atomic mass is 9.70. The minimum absolute atomic E-state index is 0.0963. The SMILES string of the molecule is Cc1occc1-c1nnc(SCC(=O)N/N=C2\CC3CCC2(C)C3(C)C)n1C. The highest BCUT2D eigenvalue weighted by Gasteiger charge is 2.60. The van der Waals surface area contributed by atoms with Crippen LogP contribution in [0.15, 0.2) is 27.0 Å². The normalized spacial score (nSPS) is 26.9. The lowest BCUT2D eigenvalue weighted by molar-refractivity contribution is -0.118. The predicted octanol–water partition coefficient (Wildman–Crippen LogP) is 3.79. The number of carbonyl (C=O) groups excluding carboxylic acids is 1. The smallest absolute Gasteiger partial charge is 0.250 e. The summed E-state index contributed by atoms with van der Waals surface area (Å²) in [6.45, 7) is 8.84. The molecular weight excluding hydrogens is 374 g/mol. The number of furan rings is 1. The summed E-state index contributed by atoms with van der Waals surface area (Å²) in [5.41, 5.74) is 5.16. The molecule has 0 spiro atoms. The van der Waals surface area contributed by atoms with E-state index in [1.807, 2.05) is 24.6 Å². The zero-order chi connectivity index (χ0) is 20.1. The van der Waals surface area contributed by atoms with Crippen molar-refractivity contribution in [1.82, 2.24) is 20.2 Å². The van der Waals surface area contributed by atoms with Crippen molar-refractivity contribution in [2.45, 2.75) is 52.1 Å². The van der Waals surface area contributed by atoms with Gasteiger partial charge in [0.25, 0.3) is 5.91 Å². The van der Waals surface area contributed by atoms with Gasteiger partial charge >= 0.3 is 0 Å². The molecule has 2 aromatic rings. The van der Waals surface area contributed by atoms with Crippen molar-refractivity contribution >= 4 is 23.4 Å². The van der Waals surface area contributed by atoms with Crippen LogP contribution in [-0.4, -0.2) is 32.1 Å². The van der Waals surface area contributed by atoms with Gasteiger partial charge in [-0.2, -0.15) is 5.10 Å². The number of hydrogen-bond donors (Lipinski definition) is 1. The maximum absolute atomic E-state index is 12.3. The lowest BCUT2D eigenvalue weighted by Gasteiger charge is -2.34. The van der Waals surface area contributed by atoms with Crippen LogP contribution >= 0.6 is 11.8 Å². The average molecular weight is 402 g/mol. The zero-order valence-corrected chi connectivity index (χ0v) is 17.9. The van der Waals surface area contributed by atoms with Gasteiger partial charge < -0.3 is 8.98 Å². The molecule has 0 aliphatic heterocycles. The first-order chi connectivity index (χ1) is 13.2. The van der Waals surface area contributed by atoms with Crippen LogP contribution in [0.5, 0.6) is 0 Å². The van der Waals surface area contributed by atoms with Crippen molar-refractivity contribution in [2.24, 2.45) is 28.9 Å². The first-order valence-corrected chi connectivity index (χ1v) is 10.6. The first kappa shape index (κ1) is 19.2. The first-order valence-electron chi connectivity index (χ1n) is 9.66. The molecule has 28 heavy (non-hydrogen) atoms.